The molecule has 0 saturated heterocycles. The number of hydrogen-bond acceptors (Lipinski definition) is 5. The summed E-state index contributed by atoms with van der Waals surface area (Å²) in [6, 6.07) is 0. The van der Waals surface area contributed by atoms with Crippen LogP contribution in [0.4, 0.5) is 0 Å². The van der Waals surface area contributed by atoms with Crippen molar-refractivity contribution in [1.82, 2.24) is 0 Å². The van der Waals surface area contributed by atoms with Gasteiger partial charge in [-0.25, -0.2) is 0 Å². The molecule has 5 heteroatoms. The van der Waals surface area contributed by atoms with Gasteiger partial charge >= 0.3 is 0 Å². The highest BCUT2D eigenvalue weighted by Gasteiger charge is 2.39. The van der Waals surface area contributed by atoms with Gasteiger partial charge < -0.3 is 20.4 Å². The smallest absolute Gasteiger partial charge is 0.253 e. The molecule has 0 aliphatic carbocycles. The van der Waals surface area contributed by atoms with Crippen LogP contribution in [0.25, 0.3) is 0 Å². The molecule has 11 heavy (non-hydrogen) atoms. The summed E-state index contributed by atoms with van der Waals surface area (Å²) in [6.07, 6.45) is -1.95. The highest BCUT2D eigenvalue weighted by atomic mass is 16.5. The van der Waals surface area contributed by atoms with E-state index in [0.29, 0.717) is 0 Å². The quantitative estimate of drug-likeness (QED) is 0.360. The highest BCUT2D eigenvalue weighted by Crippen LogP contribution is 2.09. The van der Waals surface area contributed by atoms with Crippen molar-refractivity contribution >= 4 is 5.78 Å². The van der Waals surface area contributed by atoms with Gasteiger partial charge in [-0.1, -0.05) is 6.92 Å². The topological polar surface area (TPSA) is 98.0 Å². The number of Topliss-reactive ketones (excluding diaryl/α,β-unsaturated/α-hetero) is 1. The Labute approximate surface area is 63.9 Å². The van der Waals surface area contributed by atoms with Crippen LogP contribution in [0, 0.1) is 0 Å². The standard InChI is InChI=1S/C6H12O5/c1-2-4(8)6(10,11)5(9)3-7/h5,7,9-11H,2-3H2,1H3. The minimum atomic E-state index is -2.82. The van der Waals surface area contributed by atoms with Crippen LogP contribution in [-0.4, -0.2) is 44.7 Å². The molecule has 0 bridgehead atoms. The van der Waals surface area contributed by atoms with Gasteiger partial charge in [-0.2, -0.15) is 0 Å². The Bertz CT molecular complexity index is 142. The van der Waals surface area contributed by atoms with Crippen LogP contribution in [0.1, 0.15) is 13.3 Å². The summed E-state index contributed by atoms with van der Waals surface area (Å²) < 4.78 is 0. The summed E-state index contributed by atoms with van der Waals surface area (Å²) in [4.78, 5) is 10.7. The van der Waals surface area contributed by atoms with Crippen LogP contribution < -0.4 is 0 Å². The molecule has 0 aromatic heterocycles. The van der Waals surface area contributed by atoms with Gasteiger partial charge in [0.2, 0.25) is 0 Å². The first-order chi connectivity index (χ1) is 4.96. The number of hydrogen-bond donors (Lipinski definition) is 4. The largest absolute Gasteiger partial charge is 0.393 e. The SMILES string of the molecule is CCC(=O)C(O)(O)C(O)CO. The molecule has 0 amide bonds. The van der Waals surface area contributed by atoms with E-state index in [-0.39, 0.29) is 6.42 Å². The van der Waals surface area contributed by atoms with Crippen LogP contribution >= 0.6 is 0 Å². The highest BCUT2D eigenvalue weighted by molar-refractivity contribution is 5.85. The number of ketones is 1. The lowest BCUT2D eigenvalue weighted by atomic mass is 10.0. The minimum Gasteiger partial charge on any atom is -0.393 e. The van der Waals surface area contributed by atoms with Gasteiger partial charge in [0.25, 0.3) is 5.79 Å². The third-order valence-electron chi connectivity index (χ3n) is 1.37. The number of aliphatic hydroxyl groups is 4. The molecule has 1 atom stereocenters. The second-order valence-electron chi connectivity index (χ2n) is 2.20. The Morgan fingerprint density at radius 1 is 1.55 bits per heavy atom. The normalized spacial score (nSPS) is 14.6. The lowest BCUT2D eigenvalue weighted by molar-refractivity contribution is -0.225. The van der Waals surface area contributed by atoms with Gasteiger partial charge in [-0.05, 0) is 0 Å². The van der Waals surface area contributed by atoms with E-state index in [1.54, 1.807) is 0 Å². The molecular weight excluding hydrogens is 152 g/mol. The van der Waals surface area contributed by atoms with Crippen molar-refractivity contribution in [3.05, 3.63) is 0 Å². The number of carbonyl (C=O) groups is 1. The molecule has 5 nitrogen and oxygen atoms in total. The van der Waals surface area contributed by atoms with E-state index in [2.05, 4.69) is 0 Å². The van der Waals surface area contributed by atoms with E-state index in [0.717, 1.165) is 0 Å². The van der Waals surface area contributed by atoms with Gasteiger partial charge in [0.1, 0.15) is 6.10 Å². The monoisotopic (exact) mass is 164 g/mol. The van der Waals surface area contributed by atoms with E-state index in [9.17, 15) is 4.79 Å². The first kappa shape index (κ1) is 10.5. The first-order valence-electron chi connectivity index (χ1n) is 3.23. The molecule has 1 unspecified atom stereocenters. The summed E-state index contributed by atoms with van der Waals surface area (Å²) in [5, 5.41) is 34.7. The summed E-state index contributed by atoms with van der Waals surface area (Å²) >= 11 is 0. The third-order valence-corrected chi connectivity index (χ3v) is 1.37. The molecule has 0 spiro atoms. The molecule has 4 N–H and O–H groups in total. The molecule has 0 rings (SSSR count). The summed E-state index contributed by atoms with van der Waals surface area (Å²) in [7, 11) is 0. The fourth-order valence-corrected chi connectivity index (χ4v) is 0.573. The van der Waals surface area contributed by atoms with E-state index >= 15 is 0 Å². The van der Waals surface area contributed by atoms with Crippen molar-refractivity contribution in [2.75, 3.05) is 6.61 Å². The molecule has 0 aromatic carbocycles. The van der Waals surface area contributed by atoms with Crippen molar-refractivity contribution in [2.45, 2.75) is 25.2 Å². The van der Waals surface area contributed by atoms with E-state index in [1.807, 2.05) is 0 Å². The maximum Gasteiger partial charge on any atom is 0.253 e. The molecule has 0 fully saturated rings. The lowest BCUT2D eigenvalue weighted by Crippen LogP contribution is -2.50. The zero-order chi connectivity index (χ0) is 9.07. The summed E-state index contributed by atoms with van der Waals surface area (Å²) in [5.41, 5.74) is 0. The molecule has 0 radical (unpaired) electrons. The van der Waals surface area contributed by atoms with Gasteiger partial charge in [0, 0.05) is 6.42 Å². The fraction of sp³-hybridized carbons (Fsp3) is 0.833. The Balaban J connectivity index is 4.31. The molecule has 0 aromatic rings. The average Bonchev–Trinajstić information content (AvgIpc) is 2.01. The zero-order valence-electron chi connectivity index (χ0n) is 6.19. The van der Waals surface area contributed by atoms with Crippen molar-refractivity contribution in [1.29, 1.82) is 0 Å². The van der Waals surface area contributed by atoms with E-state index in [1.165, 1.54) is 6.92 Å². The van der Waals surface area contributed by atoms with Crippen LogP contribution in [0.3, 0.4) is 0 Å². The predicted octanol–water partition coefficient (Wildman–Crippen LogP) is -2.00. The van der Waals surface area contributed by atoms with Gasteiger partial charge in [-0.15, -0.1) is 0 Å². The molecule has 0 heterocycles. The lowest BCUT2D eigenvalue weighted by Gasteiger charge is -2.23. The number of carbonyl (C=O) groups excluding carboxylic acids is 1. The molecule has 66 valence electrons. The van der Waals surface area contributed by atoms with Crippen molar-refractivity contribution in [2.24, 2.45) is 0 Å². The van der Waals surface area contributed by atoms with Gasteiger partial charge in [-0.3, -0.25) is 4.79 Å². The molecular formula is C6H12O5. The molecule has 0 aliphatic rings. The minimum absolute atomic E-state index is 0.107. The fourth-order valence-electron chi connectivity index (χ4n) is 0.573. The maximum atomic E-state index is 10.7. The predicted molar refractivity (Wildman–Crippen MR) is 35.6 cm³/mol. The third kappa shape index (κ3) is 2.23. The number of rotatable bonds is 4. The van der Waals surface area contributed by atoms with Crippen LogP contribution in [0.5, 0.6) is 0 Å². The Morgan fingerprint density at radius 3 is 2.27 bits per heavy atom. The second-order valence-corrected chi connectivity index (χ2v) is 2.20. The number of aliphatic hydroxyl groups excluding tert-OH is 2. The summed E-state index contributed by atoms with van der Waals surface area (Å²) in [5.74, 6) is -3.73. The van der Waals surface area contributed by atoms with Crippen LogP contribution in [0.15, 0.2) is 0 Å². The van der Waals surface area contributed by atoms with Crippen molar-refractivity contribution in [3.63, 3.8) is 0 Å². The van der Waals surface area contributed by atoms with Gasteiger partial charge in [0.15, 0.2) is 5.78 Å². The van der Waals surface area contributed by atoms with Crippen LogP contribution in [0.2, 0.25) is 0 Å². The second kappa shape index (κ2) is 3.77. The maximum absolute atomic E-state index is 10.7. The zero-order valence-corrected chi connectivity index (χ0v) is 6.19. The average molecular weight is 164 g/mol. The Hall–Kier alpha value is -0.490. The van der Waals surface area contributed by atoms with Crippen molar-refractivity contribution < 1.29 is 25.2 Å². The molecule has 0 aliphatic heterocycles. The Morgan fingerprint density at radius 2 is 2.00 bits per heavy atom. The van der Waals surface area contributed by atoms with Crippen molar-refractivity contribution in [3.8, 4) is 0 Å². The Kier molecular flexibility index (Phi) is 3.61. The van der Waals surface area contributed by atoms with E-state index < -0.39 is 24.3 Å². The van der Waals surface area contributed by atoms with E-state index in [4.69, 9.17) is 20.4 Å². The van der Waals surface area contributed by atoms with Crippen LogP contribution in [-0.2, 0) is 4.79 Å². The first-order valence-corrected chi connectivity index (χ1v) is 3.23. The molecule has 0 saturated carbocycles. The summed E-state index contributed by atoms with van der Waals surface area (Å²) in [6.45, 7) is 0.562. The van der Waals surface area contributed by atoms with Gasteiger partial charge in [0.05, 0.1) is 6.61 Å².